The first-order chi connectivity index (χ1) is 8.13. The molecule has 1 aromatic heterocycles. The SMILES string of the molecule is CCOC(C)C(=O)c1cc2cccc(C)c2o1. The number of hydrogen-bond donors (Lipinski definition) is 0. The second-order valence-electron chi connectivity index (χ2n) is 4.07. The van der Waals surface area contributed by atoms with Crippen LogP contribution in [0.15, 0.2) is 28.7 Å². The molecule has 1 unspecified atom stereocenters. The Morgan fingerprint density at radius 2 is 2.24 bits per heavy atom. The van der Waals surface area contributed by atoms with Gasteiger partial charge in [0.2, 0.25) is 5.78 Å². The fourth-order valence-electron chi connectivity index (χ4n) is 1.86. The zero-order chi connectivity index (χ0) is 12.4. The van der Waals surface area contributed by atoms with E-state index in [-0.39, 0.29) is 5.78 Å². The van der Waals surface area contributed by atoms with Gasteiger partial charge in [0.25, 0.3) is 0 Å². The Morgan fingerprint density at radius 1 is 1.47 bits per heavy atom. The molecule has 0 amide bonds. The maximum Gasteiger partial charge on any atom is 0.226 e. The number of ketones is 1. The van der Waals surface area contributed by atoms with E-state index in [1.807, 2.05) is 32.0 Å². The Bertz CT molecular complexity index is 539. The van der Waals surface area contributed by atoms with Crippen LogP contribution in [0, 0.1) is 6.92 Å². The molecule has 3 heteroatoms. The van der Waals surface area contributed by atoms with Crippen LogP contribution >= 0.6 is 0 Å². The minimum atomic E-state index is -0.458. The Balaban J connectivity index is 2.37. The summed E-state index contributed by atoms with van der Waals surface area (Å²) in [6.07, 6.45) is -0.458. The van der Waals surface area contributed by atoms with Crippen LogP contribution in [-0.4, -0.2) is 18.5 Å². The van der Waals surface area contributed by atoms with Crippen LogP contribution in [-0.2, 0) is 4.74 Å². The lowest BCUT2D eigenvalue weighted by Crippen LogP contribution is -2.20. The van der Waals surface area contributed by atoms with Gasteiger partial charge in [-0.05, 0) is 32.4 Å². The van der Waals surface area contributed by atoms with Crippen LogP contribution in [0.5, 0.6) is 0 Å². The van der Waals surface area contributed by atoms with E-state index >= 15 is 0 Å². The van der Waals surface area contributed by atoms with Gasteiger partial charge in [-0.15, -0.1) is 0 Å². The summed E-state index contributed by atoms with van der Waals surface area (Å²) in [5, 5.41) is 0.956. The van der Waals surface area contributed by atoms with Crippen LogP contribution in [0.25, 0.3) is 11.0 Å². The number of carbonyl (C=O) groups excluding carboxylic acids is 1. The standard InChI is InChI=1S/C14H16O3/c1-4-16-10(3)13(15)12-8-11-7-5-6-9(2)14(11)17-12/h5-8,10H,4H2,1-3H3. The molecule has 1 aromatic carbocycles. The molecule has 0 saturated carbocycles. The van der Waals surface area contributed by atoms with Gasteiger partial charge in [0.05, 0.1) is 0 Å². The minimum Gasteiger partial charge on any atom is -0.453 e. The predicted molar refractivity (Wildman–Crippen MR) is 66.4 cm³/mol. The Kier molecular flexibility index (Phi) is 3.29. The molecule has 0 radical (unpaired) electrons. The Labute approximate surface area is 100 Å². The first kappa shape index (κ1) is 11.9. The Morgan fingerprint density at radius 3 is 2.88 bits per heavy atom. The Hall–Kier alpha value is -1.61. The summed E-state index contributed by atoms with van der Waals surface area (Å²) in [4.78, 5) is 12.0. The first-order valence-electron chi connectivity index (χ1n) is 5.78. The molecule has 2 aromatic rings. The number of aryl methyl sites for hydroxylation is 1. The maximum atomic E-state index is 12.0. The van der Waals surface area contributed by atoms with E-state index in [0.29, 0.717) is 12.4 Å². The van der Waals surface area contributed by atoms with Crippen molar-refractivity contribution in [1.29, 1.82) is 0 Å². The molecular weight excluding hydrogens is 216 g/mol. The smallest absolute Gasteiger partial charge is 0.226 e. The number of Topliss-reactive ketones (excluding diaryl/α,β-unsaturated/α-hetero) is 1. The van der Waals surface area contributed by atoms with Crippen molar-refractivity contribution in [1.82, 2.24) is 0 Å². The second-order valence-corrected chi connectivity index (χ2v) is 4.07. The molecule has 0 aliphatic heterocycles. The van der Waals surface area contributed by atoms with Crippen molar-refractivity contribution < 1.29 is 13.9 Å². The first-order valence-corrected chi connectivity index (χ1v) is 5.78. The average molecular weight is 232 g/mol. The molecule has 1 heterocycles. The number of ether oxygens (including phenoxy) is 1. The molecule has 0 saturated heterocycles. The molecule has 1 atom stereocenters. The molecule has 0 aliphatic rings. The third-order valence-electron chi connectivity index (χ3n) is 2.77. The monoisotopic (exact) mass is 232 g/mol. The van der Waals surface area contributed by atoms with Gasteiger partial charge in [-0.3, -0.25) is 4.79 Å². The molecule has 2 rings (SSSR count). The fourth-order valence-corrected chi connectivity index (χ4v) is 1.86. The van der Waals surface area contributed by atoms with Crippen LogP contribution in [0.2, 0.25) is 0 Å². The third-order valence-corrected chi connectivity index (χ3v) is 2.77. The van der Waals surface area contributed by atoms with Crippen molar-refractivity contribution in [3.05, 3.63) is 35.6 Å². The number of furan rings is 1. The summed E-state index contributed by atoms with van der Waals surface area (Å²) >= 11 is 0. The lowest BCUT2D eigenvalue weighted by Gasteiger charge is -2.07. The van der Waals surface area contributed by atoms with E-state index < -0.39 is 6.10 Å². The molecule has 0 N–H and O–H groups in total. The summed E-state index contributed by atoms with van der Waals surface area (Å²) in [5.41, 5.74) is 1.81. The van der Waals surface area contributed by atoms with Gasteiger partial charge in [0.1, 0.15) is 11.7 Å². The number of fused-ring (bicyclic) bond motifs is 1. The van der Waals surface area contributed by atoms with Gasteiger partial charge >= 0.3 is 0 Å². The normalized spacial score (nSPS) is 12.9. The van der Waals surface area contributed by atoms with Gasteiger partial charge in [-0.25, -0.2) is 0 Å². The van der Waals surface area contributed by atoms with Crippen molar-refractivity contribution in [3.63, 3.8) is 0 Å². The lowest BCUT2D eigenvalue weighted by atomic mass is 10.1. The van der Waals surface area contributed by atoms with E-state index in [4.69, 9.17) is 9.15 Å². The number of rotatable bonds is 4. The van der Waals surface area contributed by atoms with Crippen LogP contribution < -0.4 is 0 Å². The molecule has 3 nitrogen and oxygen atoms in total. The number of carbonyl (C=O) groups is 1. The van der Waals surface area contributed by atoms with Crippen LogP contribution in [0.3, 0.4) is 0 Å². The molecule has 0 bridgehead atoms. The third kappa shape index (κ3) is 2.24. The molecular formula is C14H16O3. The maximum absolute atomic E-state index is 12.0. The minimum absolute atomic E-state index is 0.109. The van der Waals surface area contributed by atoms with Crippen molar-refractivity contribution in [2.24, 2.45) is 0 Å². The zero-order valence-electron chi connectivity index (χ0n) is 10.3. The summed E-state index contributed by atoms with van der Waals surface area (Å²) in [5.74, 6) is 0.262. The summed E-state index contributed by atoms with van der Waals surface area (Å²) in [6, 6.07) is 7.63. The zero-order valence-corrected chi connectivity index (χ0v) is 10.3. The van der Waals surface area contributed by atoms with E-state index in [9.17, 15) is 4.79 Å². The van der Waals surface area contributed by atoms with E-state index in [0.717, 1.165) is 16.5 Å². The molecule has 0 aliphatic carbocycles. The van der Waals surface area contributed by atoms with Gasteiger partial charge in [0, 0.05) is 12.0 Å². The quantitative estimate of drug-likeness (QED) is 0.759. The van der Waals surface area contributed by atoms with Gasteiger partial charge in [-0.1, -0.05) is 18.2 Å². The van der Waals surface area contributed by atoms with Crippen molar-refractivity contribution in [2.75, 3.05) is 6.61 Å². The number of benzene rings is 1. The van der Waals surface area contributed by atoms with Crippen molar-refractivity contribution >= 4 is 16.8 Å². The highest BCUT2D eigenvalue weighted by Gasteiger charge is 2.19. The van der Waals surface area contributed by atoms with E-state index in [1.165, 1.54) is 0 Å². The highest BCUT2D eigenvalue weighted by atomic mass is 16.5. The highest BCUT2D eigenvalue weighted by Crippen LogP contribution is 2.23. The fraction of sp³-hybridized carbons (Fsp3) is 0.357. The van der Waals surface area contributed by atoms with Crippen molar-refractivity contribution in [2.45, 2.75) is 26.9 Å². The van der Waals surface area contributed by atoms with Crippen LogP contribution in [0.1, 0.15) is 30.0 Å². The summed E-state index contributed by atoms with van der Waals surface area (Å²) in [6.45, 7) is 6.09. The molecule has 0 fully saturated rings. The van der Waals surface area contributed by atoms with Gasteiger partial charge in [-0.2, -0.15) is 0 Å². The lowest BCUT2D eigenvalue weighted by molar-refractivity contribution is 0.0497. The largest absolute Gasteiger partial charge is 0.453 e. The number of para-hydroxylation sites is 1. The van der Waals surface area contributed by atoms with Crippen molar-refractivity contribution in [3.8, 4) is 0 Å². The second kappa shape index (κ2) is 4.72. The van der Waals surface area contributed by atoms with Gasteiger partial charge in [0.15, 0.2) is 5.76 Å². The number of hydrogen-bond acceptors (Lipinski definition) is 3. The highest BCUT2D eigenvalue weighted by molar-refractivity contribution is 6.00. The molecule has 90 valence electrons. The van der Waals surface area contributed by atoms with Crippen LogP contribution in [0.4, 0.5) is 0 Å². The van der Waals surface area contributed by atoms with Gasteiger partial charge < -0.3 is 9.15 Å². The average Bonchev–Trinajstić information content (AvgIpc) is 2.73. The topological polar surface area (TPSA) is 39.4 Å². The predicted octanol–water partition coefficient (Wildman–Crippen LogP) is 3.35. The van der Waals surface area contributed by atoms with E-state index in [2.05, 4.69) is 0 Å². The molecule has 17 heavy (non-hydrogen) atoms. The molecule has 0 spiro atoms. The van der Waals surface area contributed by atoms with E-state index in [1.54, 1.807) is 13.0 Å². The summed E-state index contributed by atoms with van der Waals surface area (Å²) < 4.78 is 10.9. The summed E-state index contributed by atoms with van der Waals surface area (Å²) in [7, 11) is 0.